The number of carbonyl (C=O) groups is 1. The maximum absolute atomic E-state index is 10.8. The minimum atomic E-state index is -0.170. The first kappa shape index (κ1) is 9.77. The second kappa shape index (κ2) is 3.60. The molecule has 1 aromatic rings. The lowest BCUT2D eigenvalue weighted by molar-refractivity contribution is -0.116. The van der Waals surface area contributed by atoms with E-state index in [1.54, 1.807) is 0 Å². The van der Waals surface area contributed by atoms with Gasteiger partial charge in [-0.15, -0.1) is 0 Å². The van der Waals surface area contributed by atoms with E-state index in [4.69, 9.17) is 0 Å². The smallest absolute Gasteiger partial charge is 0.245 e. The highest BCUT2D eigenvalue weighted by molar-refractivity contribution is 5.73. The lowest BCUT2D eigenvalue weighted by atomic mass is 10.4. The Balaban J connectivity index is 3.32. The molecule has 0 saturated carbocycles. The van der Waals surface area contributed by atoms with Gasteiger partial charge in [-0.05, 0) is 13.8 Å². The zero-order valence-corrected chi connectivity index (χ0v) is 8.48. The maximum atomic E-state index is 10.8. The van der Waals surface area contributed by atoms with E-state index >= 15 is 0 Å². The molecule has 0 aromatic carbocycles. The van der Waals surface area contributed by atoms with Gasteiger partial charge >= 0.3 is 0 Å². The minimum Gasteiger partial charge on any atom is -0.320 e. The number of amides is 1. The molecule has 0 atom stereocenters. The average molecular weight is 181 g/mol. The van der Waals surface area contributed by atoms with Gasteiger partial charge in [-0.1, -0.05) is 0 Å². The molecule has 0 spiro atoms. The molecule has 72 valence electrons. The van der Waals surface area contributed by atoms with Crippen molar-refractivity contribution in [3.05, 3.63) is 18.0 Å². The summed E-state index contributed by atoms with van der Waals surface area (Å²) in [7, 11) is 1.88. The van der Waals surface area contributed by atoms with Gasteiger partial charge in [0.05, 0.1) is 0 Å². The summed E-state index contributed by atoms with van der Waals surface area (Å²) in [6, 6.07) is 0.319. The summed E-state index contributed by atoms with van der Waals surface area (Å²) in [6.45, 7) is 5.57. The van der Waals surface area contributed by atoms with Gasteiger partial charge in [0, 0.05) is 32.4 Å². The van der Waals surface area contributed by atoms with E-state index in [0.29, 0.717) is 11.7 Å². The van der Waals surface area contributed by atoms with Gasteiger partial charge in [-0.25, -0.2) is 0 Å². The molecule has 0 aliphatic carbocycles. The predicted molar refractivity (Wildman–Crippen MR) is 50.0 cm³/mol. The van der Waals surface area contributed by atoms with Crippen LogP contribution in [-0.2, 0) is 11.8 Å². The van der Waals surface area contributed by atoms with Gasteiger partial charge < -0.3 is 9.13 Å². The molecule has 0 unspecified atom stereocenters. The molecule has 1 heterocycles. The molecular formula is C9H15N3O. The molecule has 0 aliphatic heterocycles. The van der Waals surface area contributed by atoms with Crippen molar-refractivity contribution in [3.63, 3.8) is 0 Å². The quantitative estimate of drug-likeness (QED) is 0.633. The molecule has 4 heteroatoms. The molecule has 0 aliphatic rings. The van der Waals surface area contributed by atoms with Crippen LogP contribution in [0.15, 0.2) is 17.4 Å². The first-order chi connectivity index (χ1) is 6.02. The van der Waals surface area contributed by atoms with Gasteiger partial charge in [0.15, 0.2) is 0 Å². The number of aromatic nitrogens is 2. The lowest BCUT2D eigenvalue weighted by Gasteiger charge is -2.05. The van der Waals surface area contributed by atoms with Gasteiger partial charge in [-0.3, -0.25) is 4.79 Å². The zero-order valence-electron chi connectivity index (χ0n) is 8.48. The lowest BCUT2D eigenvalue weighted by Crippen LogP contribution is -2.26. The number of hydrogen-bond donors (Lipinski definition) is 0. The van der Waals surface area contributed by atoms with Crippen LogP contribution in [0.3, 0.4) is 0 Å². The van der Waals surface area contributed by atoms with Crippen molar-refractivity contribution < 1.29 is 4.79 Å². The summed E-state index contributed by atoms with van der Waals surface area (Å²) in [6.07, 6.45) is 3.81. The van der Waals surface area contributed by atoms with E-state index in [-0.39, 0.29) is 5.91 Å². The third-order valence-electron chi connectivity index (χ3n) is 1.81. The number of hydrogen-bond acceptors (Lipinski definition) is 1. The van der Waals surface area contributed by atoms with Crippen molar-refractivity contribution in [1.82, 2.24) is 9.13 Å². The second-order valence-corrected chi connectivity index (χ2v) is 3.34. The maximum Gasteiger partial charge on any atom is 0.245 e. The fraction of sp³-hybridized carbons (Fsp3) is 0.556. The monoisotopic (exact) mass is 181 g/mol. The molecule has 0 saturated heterocycles. The van der Waals surface area contributed by atoms with Crippen LogP contribution in [-0.4, -0.2) is 15.0 Å². The van der Waals surface area contributed by atoms with E-state index < -0.39 is 0 Å². The van der Waals surface area contributed by atoms with Crippen molar-refractivity contribution >= 4 is 5.91 Å². The summed E-state index contributed by atoms with van der Waals surface area (Å²) in [5, 5.41) is 0. The molecule has 0 N–H and O–H groups in total. The van der Waals surface area contributed by atoms with Gasteiger partial charge in [0.1, 0.15) is 0 Å². The third kappa shape index (κ3) is 2.08. The number of rotatable bonds is 1. The van der Waals surface area contributed by atoms with Crippen molar-refractivity contribution in [2.45, 2.75) is 26.8 Å². The topological polar surface area (TPSA) is 39.3 Å². The Hall–Kier alpha value is -1.32. The van der Waals surface area contributed by atoms with Gasteiger partial charge in [-0.2, -0.15) is 4.99 Å². The number of nitrogens with zero attached hydrogens (tertiary/aromatic N) is 3. The molecule has 0 bridgehead atoms. The van der Waals surface area contributed by atoms with Crippen molar-refractivity contribution in [1.29, 1.82) is 0 Å². The molecule has 1 aromatic heterocycles. The first-order valence-electron chi connectivity index (χ1n) is 4.31. The van der Waals surface area contributed by atoms with E-state index in [1.807, 2.05) is 28.6 Å². The largest absolute Gasteiger partial charge is 0.320 e. The fourth-order valence-electron chi connectivity index (χ4n) is 1.17. The predicted octanol–water partition coefficient (Wildman–Crippen LogP) is 0.855. The Bertz CT molecular complexity index is 370. The molecule has 0 radical (unpaired) electrons. The first-order valence-corrected chi connectivity index (χ1v) is 4.31. The van der Waals surface area contributed by atoms with Crippen LogP contribution in [0, 0.1) is 0 Å². The van der Waals surface area contributed by atoms with E-state index in [9.17, 15) is 4.79 Å². The van der Waals surface area contributed by atoms with Crippen LogP contribution in [0.2, 0.25) is 0 Å². The van der Waals surface area contributed by atoms with Crippen molar-refractivity contribution in [2.75, 3.05) is 0 Å². The highest BCUT2D eigenvalue weighted by Gasteiger charge is 2.02. The zero-order chi connectivity index (χ0) is 10.0. The second-order valence-electron chi connectivity index (χ2n) is 3.34. The Labute approximate surface area is 77.5 Å². The molecule has 13 heavy (non-hydrogen) atoms. The van der Waals surface area contributed by atoms with E-state index in [1.165, 1.54) is 6.92 Å². The van der Waals surface area contributed by atoms with Crippen LogP contribution in [0.25, 0.3) is 0 Å². The summed E-state index contributed by atoms with van der Waals surface area (Å²) in [4.78, 5) is 14.8. The van der Waals surface area contributed by atoms with Gasteiger partial charge in [0.2, 0.25) is 11.5 Å². The average Bonchev–Trinajstić information content (AvgIpc) is 2.32. The fourth-order valence-corrected chi connectivity index (χ4v) is 1.17. The van der Waals surface area contributed by atoms with Gasteiger partial charge in [0.25, 0.3) is 0 Å². The normalized spacial score (nSPS) is 12.5. The summed E-state index contributed by atoms with van der Waals surface area (Å²) < 4.78 is 3.79. The van der Waals surface area contributed by atoms with Crippen molar-refractivity contribution in [2.24, 2.45) is 12.0 Å². The van der Waals surface area contributed by atoms with Crippen LogP contribution >= 0.6 is 0 Å². The standard InChI is InChI=1S/C9H15N3O/c1-7(2)12-6-5-11(4)9(12)10-8(3)13/h5-7H,1-4H3/b10-9+. The molecule has 4 nitrogen and oxygen atoms in total. The summed E-state index contributed by atoms with van der Waals surface area (Å²) >= 11 is 0. The SMILES string of the molecule is CC(=O)/N=c1\n(C)ccn1C(C)C. The number of aryl methyl sites for hydroxylation is 1. The van der Waals surface area contributed by atoms with Crippen LogP contribution in [0.1, 0.15) is 26.8 Å². The van der Waals surface area contributed by atoms with E-state index in [0.717, 1.165) is 0 Å². The Morgan fingerprint density at radius 2 is 2.08 bits per heavy atom. The minimum absolute atomic E-state index is 0.170. The summed E-state index contributed by atoms with van der Waals surface area (Å²) in [5.74, 6) is -0.170. The van der Waals surface area contributed by atoms with Crippen LogP contribution in [0.5, 0.6) is 0 Å². The Kier molecular flexibility index (Phi) is 2.70. The Morgan fingerprint density at radius 3 is 2.54 bits per heavy atom. The highest BCUT2D eigenvalue weighted by Crippen LogP contribution is 1.98. The Morgan fingerprint density at radius 1 is 1.46 bits per heavy atom. The van der Waals surface area contributed by atoms with Crippen LogP contribution in [0.4, 0.5) is 0 Å². The molecular weight excluding hydrogens is 166 g/mol. The number of carbonyl (C=O) groups excluding carboxylic acids is 1. The molecule has 1 amide bonds. The van der Waals surface area contributed by atoms with Crippen LogP contribution < -0.4 is 5.62 Å². The van der Waals surface area contributed by atoms with E-state index in [2.05, 4.69) is 18.8 Å². The molecule has 1 rings (SSSR count). The number of imidazole rings is 1. The molecule has 0 fully saturated rings. The third-order valence-corrected chi connectivity index (χ3v) is 1.81. The highest BCUT2D eigenvalue weighted by atomic mass is 16.1. The van der Waals surface area contributed by atoms with Crippen molar-refractivity contribution in [3.8, 4) is 0 Å². The summed E-state index contributed by atoms with van der Waals surface area (Å²) in [5.41, 5.74) is 0.697.